The van der Waals surface area contributed by atoms with Crippen LogP contribution in [-0.2, 0) is 6.54 Å². The molecule has 1 saturated heterocycles. The normalized spacial score (nSPS) is 20.9. The van der Waals surface area contributed by atoms with Gasteiger partial charge in [0.2, 0.25) is 5.91 Å². The number of fused-ring (bicyclic) bond motifs is 1. The summed E-state index contributed by atoms with van der Waals surface area (Å²) in [5.74, 6) is -0.623. The smallest absolute Gasteiger partial charge is 0.255 e. The zero-order valence-corrected chi connectivity index (χ0v) is 15.1. The van der Waals surface area contributed by atoms with E-state index >= 15 is 0 Å². The number of likely N-dealkylation sites (tertiary alicyclic amines) is 1. The minimum absolute atomic E-state index is 0.0281. The summed E-state index contributed by atoms with van der Waals surface area (Å²) >= 11 is 0. The van der Waals surface area contributed by atoms with E-state index in [0.29, 0.717) is 5.56 Å². The molecule has 1 fully saturated rings. The third-order valence-electron chi connectivity index (χ3n) is 5.59. The van der Waals surface area contributed by atoms with Crippen molar-refractivity contribution in [3.05, 3.63) is 52.9 Å². The van der Waals surface area contributed by atoms with Gasteiger partial charge in [0.15, 0.2) is 0 Å². The second kappa shape index (κ2) is 6.77. The average Bonchev–Trinajstić information content (AvgIpc) is 3.23. The van der Waals surface area contributed by atoms with Crippen molar-refractivity contribution < 1.29 is 14.0 Å². The number of aromatic nitrogens is 2. The van der Waals surface area contributed by atoms with Gasteiger partial charge in [0.05, 0.1) is 23.7 Å². The molecule has 27 heavy (non-hydrogen) atoms. The van der Waals surface area contributed by atoms with Gasteiger partial charge in [-0.3, -0.25) is 14.5 Å². The molecule has 0 saturated carbocycles. The summed E-state index contributed by atoms with van der Waals surface area (Å²) in [6.45, 7) is 4.31. The zero-order valence-electron chi connectivity index (χ0n) is 15.1. The molecule has 2 aliphatic heterocycles. The Morgan fingerprint density at radius 3 is 2.74 bits per heavy atom. The van der Waals surface area contributed by atoms with Gasteiger partial charge in [-0.1, -0.05) is 0 Å². The van der Waals surface area contributed by atoms with E-state index in [9.17, 15) is 14.0 Å². The number of benzene rings is 1. The van der Waals surface area contributed by atoms with Crippen LogP contribution in [0.25, 0.3) is 0 Å². The molecule has 2 aliphatic rings. The van der Waals surface area contributed by atoms with E-state index < -0.39 is 11.7 Å². The highest BCUT2D eigenvalue weighted by Gasteiger charge is 2.41. The Morgan fingerprint density at radius 1 is 1.37 bits per heavy atom. The summed E-state index contributed by atoms with van der Waals surface area (Å²) in [5, 5.41) is 0. The van der Waals surface area contributed by atoms with Gasteiger partial charge in [-0.15, -0.1) is 0 Å². The number of H-pyrrole nitrogens is 1. The first-order chi connectivity index (χ1) is 13.0. The van der Waals surface area contributed by atoms with Crippen LogP contribution in [0.3, 0.4) is 0 Å². The highest BCUT2D eigenvalue weighted by Crippen LogP contribution is 2.39. The van der Waals surface area contributed by atoms with Crippen molar-refractivity contribution in [3.8, 4) is 0 Å². The number of rotatable bonds is 4. The highest BCUT2D eigenvalue weighted by molar-refractivity contribution is 6.09. The first-order valence-electron chi connectivity index (χ1n) is 9.12. The van der Waals surface area contributed by atoms with E-state index in [0.717, 1.165) is 44.4 Å². The number of imidazole rings is 1. The SMILES string of the molecule is CC1c2cc(F)cc(C(N)=O)c2C(=O)N1C1CCN(Cc2ncc[nH]2)CC1. The fraction of sp³-hybridized carbons (Fsp3) is 0.421. The monoisotopic (exact) mass is 371 g/mol. The number of nitrogens with one attached hydrogen (secondary N) is 1. The minimum atomic E-state index is -0.776. The molecular formula is C19H22FN5O2. The molecule has 2 amide bonds. The molecule has 1 aromatic heterocycles. The maximum Gasteiger partial charge on any atom is 0.255 e. The van der Waals surface area contributed by atoms with E-state index in [2.05, 4.69) is 14.9 Å². The van der Waals surface area contributed by atoms with Crippen molar-refractivity contribution in [1.29, 1.82) is 0 Å². The lowest BCUT2D eigenvalue weighted by atomic mass is 9.99. The van der Waals surface area contributed by atoms with E-state index in [1.54, 1.807) is 17.3 Å². The number of nitrogens with zero attached hydrogens (tertiary/aromatic N) is 3. The highest BCUT2D eigenvalue weighted by atomic mass is 19.1. The van der Waals surface area contributed by atoms with Gasteiger partial charge in [-0.05, 0) is 37.5 Å². The van der Waals surface area contributed by atoms with Gasteiger partial charge < -0.3 is 15.6 Å². The molecule has 3 heterocycles. The van der Waals surface area contributed by atoms with Crippen molar-refractivity contribution in [2.24, 2.45) is 5.73 Å². The number of aromatic amines is 1. The van der Waals surface area contributed by atoms with Gasteiger partial charge in [-0.2, -0.15) is 0 Å². The molecule has 0 bridgehead atoms. The van der Waals surface area contributed by atoms with Gasteiger partial charge in [-0.25, -0.2) is 9.37 Å². The molecule has 2 aromatic rings. The second-order valence-corrected chi connectivity index (χ2v) is 7.21. The molecular weight excluding hydrogens is 349 g/mol. The lowest BCUT2D eigenvalue weighted by molar-refractivity contribution is 0.0508. The Labute approximate surface area is 156 Å². The second-order valence-electron chi connectivity index (χ2n) is 7.21. The Kier molecular flexibility index (Phi) is 4.43. The number of carbonyl (C=O) groups is 2. The van der Waals surface area contributed by atoms with Crippen LogP contribution < -0.4 is 5.73 Å². The number of halogens is 1. The van der Waals surface area contributed by atoms with Crippen molar-refractivity contribution in [3.63, 3.8) is 0 Å². The van der Waals surface area contributed by atoms with Gasteiger partial charge in [0.25, 0.3) is 5.91 Å². The molecule has 3 N–H and O–H groups in total. The summed E-state index contributed by atoms with van der Waals surface area (Å²) < 4.78 is 13.9. The Bertz CT molecular complexity index is 874. The number of amides is 2. The fourth-order valence-corrected chi connectivity index (χ4v) is 4.28. The molecule has 142 valence electrons. The van der Waals surface area contributed by atoms with Crippen LogP contribution in [0.5, 0.6) is 0 Å². The Morgan fingerprint density at radius 2 is 2.11 bits per heavy atom. The van der Waals surface area contributed by atoms with E-state index in [4.69, 9.17) is 5.73 Å². The maximum atomic E-state index is 13.9. The number of nitrogens with two attached hydrogens (primary N) is 1. The van der Waals surface area contributed by atoms with Gasteiger partial charge >= 0.3 is 0 Å². The molecule has 7 nitrogen and oxygen atoms in total. The maximum absolute atomic E-state index is 13.9. The predicted molar refractivity (Wildman–Crippen MR) is 96.4 cm³/mol. The first kappa shape index (κ1) is 17.7. The van der Waals surface area contributed by atoms with Gasteiger partial charge in [0.1, 0.15) is 11.6 Å². The lowest BCUT2D eigenvalue weighted by Crippen LogP contribution is -2.45. The van der Waals surface area contributed by atoms with Crippen molar-refractivity contribution in [2.75, 3.05) is 13.1 Å². The number of primary amides is 1. The third-order valence-corrected chi connectivity index (χ3v) is 5.59. The van der Waals surface area contributed by atoms with Crippen LogP contribution in [0.15, 0.2) is 24.5 Å². The molecule has 0 aliphatic carbocycles. The molecule has 1 aromatic carbocycles. The fourth-order valence-electron chi connectivity index (χ4n) is 4.28. The van der Waals surface area contributed by atoms with Crippen LogP contribution >= 0.6 is 0 Å². The van der Waals surface area contributed by atoms with Crippen molar-refractivity contribution in [2.45, 2.75) is 38.4 Å². The van der Waals surface area contributed by atoms with Crippen LogP contribution in [0.1, 0.15) is 57.9 Å². The van der Waals surface area contributed by atoms with Crippen molar-refractivity contribution >= 4 is 11.8 Å². The summed E-state index contributed by atoms with van der Waals surface area (Å²) in [6, 6.07) is 2.18. The number of carbonyl (C=O) groups excluding carboxylic acids is 2. The average molecular weight is 371 g/mol. The molecule has 0 radical (unpaired) electrons. The van der Waals surface area contributed by atoms with E-state index in [-0.39, 0.29) is 29.1 Å². The molecule has 0 spiro atoms. The topological polar surface area (TPSA) is 95.3 Å². The molecule has 1 atom stereocenters. The quantitative estimate of drug-likeness (QED) is 0.857. The number of hydrogen-bond donors (Lipinski definition) is 2. The minimum Gasteiger partial charge on any atom is -0.366 e. The molecule has 8 heteroatoms. The van der Waals surface area contributed by atoms with Crippen LogP contribution in [-0.4, -0.2) is 50.7 Å². The third kappa shape index (κ3) is 3.10. The first-order valence-corrected chi connectivity index (χ1v) is 9.12. The van der Waals surface area contributed by atoms with Crippen molar-refractivity contribution in [1.82, 2.24) is 19.8 Å². The number of piperidine rings is 1. The number of hydrogen-bond acceptors (Lipinski definition) is 4. The summed E-state index contributed by atoms with van der Waals surface area (Å²) in [4.78, 5) is 36.2. The summed E-state index contributed by atoms with van der Waals surface area (Å²) in [7, 11) is 0. The largest absolute Gasteiger partial charge is 0.366 e. The molecule has 4 rings (SSSR count). The Hall–Kier alpha value is -2.74. The van der Waals surface area contributed by atoms with E-state index in [1.807, 2.05) is 6.92 Å². The lowest BCUT2D eigenvalue weighted by Gasteiger charge is -2.38. The predicted octanol–water partition coefficient (Wildman–Crippen LogP) is 1.83. The summed E-state index contributed by atoms with van der Waals surface area (Å²) in [5.41, 5.74) is 6.16. The Balaban J connectivity index is 1.51. The van der Waals surface area contributed by atoms with Crippen LogP contribution in [0, 0.1) is 5.82 Å². The van der Waals surface area contributed by atoms with Gasteiger partial charge in [0, 0.05) is 31.5 Å². The standard InChI is InChI=1S/C19H22FN5O2/c1-11-14-8-12(20)9-15(18(21)26)17(14)19(27)25(11)13-2-6-24(7-3-13)10-16-22-4-5-23-16/h4-5,8-9,11,13H,2-3,6-7,10H2,1H3,(H2,21,26)(H,22,23). The molecule has 1 unspecified atom stereocenters. The van der Waals surface area contributed by atoms with Crippen LogP contribution in [0.2, 0.25) is 0 Å². The van der Waals surface area contributed by atoms with E-state index in [1.165, 1.54) is 6.07 Å². The summed E-state index contributed by atoms with van der Waals surface area (Å²) in [6.07, 6.45) is 5.18. The zero-order chi connectivity index (χ0) is 19.1. The van der Waals surface area contributed by atoms with Crippen LogP contribution in [0.4, 0.5) is 4.39 Å².